The van der Waals surface area contributed by atoms with Gasteiger partial charge in [0, 0.05) is 11.1 Å². The van der Waals surface area contributed by atoms with Crippen LogP contribution in [0.2, 0.25) is 5.02 Å². The van der Waals surface area contributed by atoms with Crippen molar-refractivity contribution in [1.29, 1.82) is 0 Å². The minimum Gasteiger partial charge on any atom is -0.374 e. The van der Waals surface area contributed by atoms with E-state index in [0.29, 0.717) is 28.3 Å². The molecule has 1 N–H and O–H groups in total. The van der Waals surface area contributed by atoms with Crippen LogP contribution in [0.4, 0.5) is 26.3 Å². The Hall–Kier alpha value is -3.81. The Morgan fingerprint density at radius 1 is 0.865 bits per heavy atom. The molecule has 0 amide bonds. The monoisotopic (exact) mass is 535 g/mol. The first-order valence-corrected chi connectivity index (χ1v) is 11.0. The molecule has 11 heteroatoms. The van der Waals surface area contributed by atoms with Crippen molar-refractivity contribution < 1.29 is 31.4 Å². The number of rotatable bonds is 4. The van der Waals surface area contributed by atoms with Crippen LogP contribution in [-0.2, 0) is 18.9 Å². The predicted octanol–water partition coefficient (Wildman–Crippen LogP) is 6.77. The standard InChI is InChI=1S/C26H16ClF6N3O/c27-21-9-5-4-6-17(21)10-11-22(37)23-24(18-7-2-1-3-8-18)36(35-34-23)15-16-12-19(25(28,29)30)14-20(13-16)26(31,32)33/h1-9,12-14,22,37H,15H2. The second-order valence-corrected chi connectivity index (χ2v) is 8.32. The largest absolute Gasteiger partial charge is 0.416 e. The van der Waals surface area contributed by atoms with Gasteiger partial charge in [-0.15, -0.1) is 5.10 Å². The van der Waals surface area contributed by atoms with E-state index in [1.54, 1.807) is 54.6 Å². The van der Waals surface area contributed by atoms with E-state index in [2.05, 4.69) is 22.2 Å². The van der Waals surface area contributed by atoms with E-state index in [4.69, 9.17) is 11.6 Å². The van der Waals surface area contributed by atoms with E-state index >= 15 is 0 Å². The molecular formula is C26H16ClF6N3O. The van der Waals surface area contributed by atoms with Crippen molar-refractivity contribution in [3.8, 4) is 23.1 Å². The molecule has 0 saturated carbocycles. The SMILES string of the molecule is OC(C#Cc1ccccc1Cl)c1nnn(Cc2cc(C(F)(F)F)cc(C(F)(F)F)c2)c1-c1ccccc1. The first-order valence-electron chi connectivity index (χ1n) is 10.6. The quantitative estimate of drug-likeness (QED) is 0.232. The van der Waals surface area contributed by atoms with Gasteiger partial charge in [0.05, 0.1) is 28.4 Å². The Labute approximate surface area is 212 Å². The molecule has 4 nitrogen and oxygen atoms in total. The predicted molar refractivity (Wildman–Crippen MR) is 124 cm³/mol. The van der Waals surface area contributed by atoms with Crippen LogP contribution in [0.1, 0.15) is 34.1 Å². The van der Waals surface area contributed by atoms with E-state index in [1.165, 1.54) is 0 Å². The lowest BCUT2D eigenvalue weighted by atomic mass is 10.0. The van der Waals surface area contributed by atoms with E-state index in [-0.39, 0.29) is 23.0 Å². The summed E-state index contributed by atoms with van der Waals surface area (Å²) in [6.07, 6.45) is -11.5. The van der Waals surface area contributed by atoms with E-state index in [0.717, 1.165) is 4.68 Å². The molecule has 190 valence electrons. The molecular weight excluding hydrogens is 520 g/mol. The summed E-state index contributed by atoms with van der Waals surface area (Å²) < 4.78 is 81.1. The summed E-state index contributed by atoms with van der Waals surface area (Å²) in [5, 5.41) is 19.0. The molecule has 1 aromatic heterocycles. The second-order valence-electron chi connectivity index (χ2n) is 7.91. The van der Waals surface area contributed by atoms with Crippen molar-refractivity contribution in [3.63, 3.8) is 0 Å². The van der Waals surface area contributed by atoms with Crippen molar-refractivity contribution in [3.05, 3.63) is 106 Å². The molecule has 1 heterocycles. The zero-order valence-corrected chi connectivity index (χ0v) is 19.4. The number of alkyl halides is 6. The molecule has 0 saturated heterocycles. The number of hydrogen-bond donors (Lipinski definition) is 1. The zero-order valence-electron chi connectivity index (χ0n) is 18.6. The summed E-state index contributed by atoms with van der Waals surface area (Å²) in [6.45, 7) is -0.477. The summed E-state index contributed by atoms with van der Waals surface area (Å²) in [4.78, 5) is 0. The normalized spacial score (nSPS) is 12.6. The first kappa shape index (κ1) is 26.3. The van der Waals surface area contributed by atoms with E-state index in [9.17, 15) is 31.4 Å². The van der Waals surface area contributed by atoms with Gasteiger partial charge < -0.3 is 5.11 Å². The van der Waals surface area contributed by atoms with Gasteiger partial charge in [-0.05, 0) is 35.9 Å². The minimum atomic E-state index is -4.99. The summed E-state index contributed by atoms with van der Waals surface area (Å²) in [7, 11) is 0. The van der Waals surface area contributed by atoms with Crippen LogP contribution in [0.15, 0.2) is 72.8 Å². The number of benzene rings is 3. The number of aliphatic hydroxyl groups excluding tert-OH is 1. The van der Waals surface area contributed by atoms with E-state index < -0.39 is 36.1 Å². The number of hydrogen-bond acceptors (Lipinski definition) is 3. The Balaban J connectivity index is 1.79. The molecule has 1 atom stereocenters. The molecule has 0 aliphatic rings. The molecule has 0 spiro atoms. The third-order valence-corrected chi connectivity index (χ3v) is 5.59. The van der Waals surface area contributed by atoms with Gasteiger partial charge in [0.1, 0.15) is 5.69 Å². The number of nitrogens with zero attached hydrogens (tertiary/aromatic N) is 3. The summed E-state index contributed by atoms with van der Waals surface area (Å²) in [5.41, 5.74) is -2.09. The van der Waals surface area contributed by atoms with Crippen molar-refractivity contribution in [1.82, 2.24) is 15.0 Å². The lowest BCUT2D eigenvalue weighted by Crippen LogP contribution is -2.13. The minimum absolute atomic E-state index is 0.0197. The molecule has 0 aliphatic heterocycles. The fourth-order valence-electron chi connectivity index (χ4n) is 3.57. The fraction of sp³-hybridized carbons (Fsp3) is 0.154. The highest BCUT2D eigenvalue weighted by molar-refractivity contribution is 6.31. The third-order valence-electron chi connectivity index (χ3n) is 5.26. The van der Waals surface area contributed by atoms with Crippen LogP contribution in [0, 0.1) is 11.8 Å². The van der Waals surface area contributed by atoms with Crippen LogP contribution in [0.5, 0.6) is 0 Å². The molecule has 0 bridgehead atoms. The maximum absolute atomic E-state index is 13.3. The summed E-state index contributed by atoms with van der Waals surface area (Å²) >= 11 is 6.09. The molecule has 3 aromatic carbocycles. The van der Waals surface area contributed by atoms with Gasteiger partial charge in [-0.3, -0.25) is 0 Å². The number of aliphatic hydroxyl groups is 1. The molecule has 0 aliphatic carbocycles. The average Bonchev–Trinajstić information content (AvgIpc) is 3.26. The summed E-state index contributed by atoms with van der Waals surface area (Å²) in [6, 6.07) is 16.3. The Bertz CT molecular complexity index is 1440. The molecule has 0 radical (unpaired) electrons. The lowest BCUT2D eigenvalue weighted by molar-refractivity contribution is -0.143. The van der Waals surface area contributed by atoms with Gasteiger partial charge in [-0.2, -0.15) is 26.3 Å². The highest BCUT2D eigenvalue weighted by atomic mass is 35.5. The number of halogens is 7. The average molecular weight is 536 g/mol. The van der Waals surface area contributed by atoms with Crippen LogP contribution in [0.3, 0.4) is 0 Å². The van der Waals surface area contributed by atoms with E-state index in [1.807, 2.05) is 0 Å². The van der Waals surface area contributed by atoms with Gasteiger partial charge in [0.15, 0.2) is 6.10 Å². The maximum atomic E-state index is 13.3. The maximum Gasteiger partial charge on any atom is 0.416 e. The van der Waals surface area contributed by atoms with Gasteiger partial charge >= 0.3 is 12.4 Å². The van der Waals surface area contributed by atoms with Crippen molar-refractivity contribution in [2.75, 3.05) is 0 Å². The fourth-order valence-corrected chi connectivity index (χ4v) is 3.76. The van der Waals surface area contributed by atoms with Crippen LogP contribution in [0.25, 0.3) is 11.3 Å². The Kier molecular flexibility index (Phi) is 7.30. The number of aromatic nitrogens is 3. The topological polar surface area (TPSA) is 50.9 Å². The molecule has 4 aromatic rings. The smallest absolute Gasteiger partial charge is 0.374 e. The highest BCUT2D eigenvalue weighted by Gasteiger charge is 2.37. The van der Waals surface area contributed by atoms with Crippen LogP contribution < -0.4 is 0 Å². The Morgan fingerprint density at radius 2 is 1.46 bits per heavy atom. The van der Waals surface area contributed by atoms with Gasteiger partial charge in [-0.1, -0.05) is 71.1 Å². The first-order chi connectivity index (χ1) is 17.4. The van der Waals surface area contributed by atoms with Crippen LogP contribution >= 0.6 is 11.6 Å². The molecule has 37 heavy (non-hydrogen) atoms. The van der Waals surface area contributed by atoms with Crippen molar-refractivity contribution >= 4 is 11.6 Å². The van der Waals surface area contributed by atoms with Gasteiger partial charge in [-0.25, -0.2) is 4.68 Å². The summed E-state index contributed by atoms with van der Waals surface area (Å²) in [5.74, 6) is 5.35. The van der Waals surface area contributed by atoms with Crippen LogP contribution in [-0.4, -0.2) is 20.1 Å². The molecule has 0 fully saturated rings. The van der Waals surface area contributed by atoms with Gasteiger partial charge in [0.25, 0.3) is 0 Å². The second kappa shape index (κ2) is 10.3. The van der Waals surface area contributed by atoms with Crippen molar-refractivity contribution in [2.45, 2.75) is 25.0 Å². The highest BCUT2D eigenvalue weighted by Crippen LogP contribution is 2.37. The zero-order chi connectivity index (χ0) is 26.8. The third kappa shape index (κ3) is 6.13. The van der Waals surface area contributed by atoms with Gasteiger partial charge in [0.2, 0.25) is 0 Å². The lowest BCUT2D eigenvalue weighted by Gasteiger charge is -2.15. The Morgan fingerprint density at radius 3 is 2.05 bits per heavy atom. The molecule has 4 rings (SSSR count). The molecule has 1 unspecified atom stereocenters. The van der Waals surface area contributed by atoms with Crippen molar-refractivity contribution in [2.24, 2.45) is 0 Å².